The van der Waals surface area contributed by atoms with Crippen LogP contribution in [0.5, 0.6) is 0 Å². The molecule has 2 heteroatoms. The quantitative estimate of drug-likeness (QED) is 0.921. The molecule has 0 unspecified atom stereocenters. The summed E-state index contributed by atoms with van der Waals surface area (Å²) in [4.78, 5) is 2.42. The van der Waals surface area contributed by atoms with Gasteiger partial charge >= 0.3 is 0 Å². The van der Waals surface area contributed by atoms with E-state index < -0.39 is 0 Å². The Bertz CT molecular complexity index is 599. The minimum atomic E-state index is 0.456. The fourth-order valence-corrected chi connectivity index (χ4v) is 3.27. The van der Waals surface area contributed by atoms with Crippen LogP contribution < -0.4 is 5.73 Å². The summed E-state index contributed by atoms with van der Waals surface area (Å²) < 4.78 is 0. The number of hydrogen-bond acceptors (Lipinski definition) is 2. The predicted molar refractivity (Wildman–Crippen MR) is 85.7 cm³/mol. The van der Waals surface area contributed by atoms with Gasteiger partial charge in [-0.25, -0.2) is 0 Å². The molecule has 1 fully saturated rings. The molecule has 3 rings (SSSR count). The average molecular weight is 268 g/mol. The van der Waals surface area contributed by atoms with E-state index in [-0.39, 0.29) is 0 Å². The number of hydrogen-bond donors (Lipinski definition) is 1. The van der Waals surface area contributed by atoms with E-state index in [4.69, 9.17) is 5.73 Å². The molecule has 0 bridgehead atoms. The number of aryl methyl sites for hydroxylation is 1. The lowest BCUT2D eigenvalue weighted by Crippen LogP contribution is -2.41. The minimum absolute atomic E-state index is 0.456. The maximum atomic E-state index is 5.85. The lowest BCUT2D eigenvalue weighted by Gasteiger charge is -2.35. The van der Waals surface area contributed by atoms with E-state index in [2.05, 4.69) is 55.3 Å². The van der Waals surface area contributed by atoms with Gasteiger partial charge in [-0.2, -0.15) is 0 Å². The van der Waals surface area contributed by atoms with Crippen LogP contribution in [0.3, 0.4) is 0 Å². The van der Waals surface area contributed by atoms with Crippen molar-refractivity contribution in [3.05, 3.63) is 47.5 Å². The Kier molecular flexibility index (Phi) is 3.77. The number of benzene rings is 2. The van der Waals surface area contributed by atoms with E-state index in [0.29, 0.717) is 6.04 Å². The summed E-state index contributed by atoms with van der Waals surface area (Å²) in [6.45, 7) is 4.33. The Hall–Kier alpha value is -1.38. The van der Waals surface area contributed by atoms with Crippen molar-refractivity contribution in [1.29, 1.82) is 0 Å². The highest BCUT2D eigenvalue weighted by Gasteiger charge is 2.26. The molecule has 2 N–H and O–H groups in total. The van der Waals surface area contributed by atoms with E-state index in [1.165, 1.54) is 41.3 Å². The molecule has 106 valence electrons. The van der Waals surface area contributed by atoms with Gasteiger partial charge < -0.3 is 10.6 Å². The van der Waals surface area contributed by atoms with Crippen molar-refractivity contribution >= 4 is 10.8 Å². The summed E-state index contributed by atoms with van der Waals surface area (Å²) in [6, 6.07) is 13.9. The van der Waals surface area contributed by atoms with Crippen molar-refractivity contribution in [2.45, 2.75) is 32.4 Å². The van der Waals surface area contributed by atoms with Crippen molar-refractivity contribution < 1.29 is 0 Å². The molecule has 1 aliphatic carbocycles. The van der Waals surface area contributed by atoms with Crippen LogP contribution in [0.15, 0.2) is 36.4 Å². The molecule has 2 nitrogen and oxygen atoms in total. The maximum absolute atomic E-state index is 5.85. The third-order valence-electron chi connectivity index (χ3n) is 4.35. The molecular weight excluding hydrogens is 244 g/mol. The van der Waals surface area contributed by atoms with E-state index in [1.807, 2.05) is 0 Å². The third kappa shape index (κ3) is 3.02. The second-order valence-corrected chi connectivity index (χ2v) is 6.48. The van der Waals surface area contributed by atoms with Gasteiger partial charge in [0.05, 0.1) is 0 Å². The third-order valence-corrected chi connectivity index (χ3v) is 4.35. The highest BCUT2D eigenvalue weighted by Crippen LogP contribution is 2.26. The first-order chi connectivity index (χ1) is 9.60. The highest BCUT2D eigenvalue weighted by molar-refractivity contribution is 5.83. The summed E-state index contributed by atoms with van der Waals surface area (Å²) in [5.41, 5.74) is 8.57. The first-order valence-electron chi connectivity index (χ1n) is 7.53. The Balaban J connectivity index is 1.66. The number of fused-ring (bicyclic) bond motifs is 1. The SMILES string of the molecule is Cc1ccc2cc(CN(C)CC3CC(N)C3)ccc2c1. The van der Waals surface area contributed by atoms with Crippen molar-refractivity contribution in [2.24, 2.45) is 11.7 Å². The molecule has 2 aromatic carbocycles. The molecule has 0 aliphatic heterocycles. The minimum Gasteiger partial charge on any atom is -0.328 e. The van der Waals surface area contributed by atoms with Gasteiger partial charge in [0, 0.05) is 19.1 Å². The first-order valence-corrected chi connectivity index (χ1v) is 7.53. The topological polar surface area (TPSA) is 29.3 Å². The van der Waals surface area contributed by atoms with Gasteiger partial charge in [-0.3, -0.25) is 0 Å². The summed E-state index contributed by atoms with van der Waals surface area (Å²) in [6.07, 6.45) is 2.39. The lowest BCUT2D eigenvalue weighted by molar-refractivity contribution is 0.178. The van der Waals surface area contributed by atoms with Gasteiger partial charge in [0.15, 0.2) is 0 Å². The van der Waals surface area contributed by atoms with Gasteiger partial charge in [-0.05, 0) is 55.1 Å². The van der Waals surface area contributed by atoms with E-state index in [0.717, 1.165) is 12.5 Å². The molecule has 20 heavy (non-hydrogen) atoms. The van der Waals surface area contributed by atoms with Crippen LogP contribution in [0, 0.1) is 12.8 Å². The normalized spacial score (nSPS) is 22.2. The standard InChI is InChI=1S/C18H24N2/c1-13-3-5-17-8-14(4-6-16(17)7-13)11-20(2)12-15-9-18(19)10-15/h3-8,15,18H,9-12,19H2,1-2H3. The van der Waals surface area contributed by atoms with Crippen molar-refractivity contribution in [3.63, 3.8) is 0 Å². The molecule has 0 atom stereocenters. The number of rotatable bonds is 4. The molecule has 0 amide bonds. The van der Waals surface area contributed by atoms with Crippen LogP contribution in [-0.4, -0.2) is 24.5 Å². The molecular formula is C18H24N2. The van der Waals surface area contributed by atoms with Crippen molar-refractivity contribution in [3.8, 4) is 0 Å². The van der Waals surface area contributed by atoms with Crippen molar-refractivity contribution in [2.75, 3.05) is 13.6 Å². The lowest BCUT2D eigenvalue weighted by atomic mass is 9.80. The van der Waals surface area contributed by atoms with Crippen LogP contribution in [-0.2, 0) is 6.54 Å². The second kappa shape index (κ2) is 5.55. The zero-order chi connectivity index (χ0) is 14.1. The van der Waals surface area contributed by atoms with E-state index >= 15 is 0 Å². The monoisotopic (exact) mass is 268 g/mol. The summed E-state index contributed by atoms with van der Waals surface area (Å²) >= 11 is 0. The highest BCUT2D eigenvalue weighted by atomic mass is 15.1. The second-order valence-electron chi connectivity index (χ2n) is 6.48. The molecule has 0 radical (unpaired) electrons. The van der Waals surface area contributed by atoms with Gasteiger partial charge in [-0.1, -0.05) is 35.9 Å². The summed E-state index contributed by atoms with van der Waals surface area (Å²) in [7, 11) is 2.21. The Morgan fingerprint density at radius 2 is 1.80 bits per heavy atom. The fourth-order valence-electron chi connectivity index (χ4n) is 3.27. The smallest absolute Gasteiger partial charge is 0.0231 e. The first kappa shape index (κ1) is 13.6. The Labute approximate surface area is 121 Å². The fraction of sp³-hybridized carbons (Fsp3) is 0.444. The van der Waals surface area contributed by atoms with Crippen LogP contribution >= 0.6 is 0 Å². The maximum Gasteiger partial charge on any atom is 0.0231 e. The van der Waals surface area contributed by atoms with E-state index in [1.54, 1.807) is 0 Å². The zero-order valence-electron chi connectivity index (χ0n) is 12.5. The molecule has 0 spiro atoms. The van der Waals surface area contributed by atoms with Gasteiger partial charge in [0.2, 0.25) is 0 Å². The van der Waals surface area contributed by atoms with Crippen LogP contribution in [0.1, 0.15) is 24.0 Å². The van der Waals surface area contributed by atoms with Crippen LogP contribution in [0.25, 0.3) is 10.8 Å². The average Bonchev–Trinajstić information content (AvgIpc) is 2.37. The molecule has 0 heterocycles. The summed E-state index contributed by atoms with van der Waals surface area (Å²) in [5, 5.41) is 2.67. The molecule has 1 saturated carbocycles. The van der Waals surface area contributed by atoms with Gasteiger partial charge in [0.25, 0.3) is 0 Å². The molecule has 0 aromatic heterocycles. The summed E-state index contributed by atoms with van der Waals surface area (Å²) in [5.74, 6) is 0.804. The Morgan fingerprint density at radius 3 is 2.55 bits per heavy atom. The Morgan fingerprint density at radius 1 is 1.10 bits per heavy atom. The van der Waals surface area contributed by atoms with Crippen LogP contribution in [0.2, 0.25) is 0 Å². The molecule has 0 saturated heterocycles. The number of nitrogens with two attached hydrogens (primary N) is 1. The van der Waals surface area contributed by atoms with E-state index in [9.17, 15) is 0 Å². The van der Waals surface area contributed by atoms with Gasteiger partial charge in [0.1, 0.15) is 0 Å². The number of nitrogens with zero attached hydrogens (tertiary/aromatic N) is 1. The van der Waals surface area contributed by atoms with Gasteiger partial charge in [-0.15, -0.1) is 0 Å². The van der Waals surface area contributed by atoms with Crippen LogP contribution in [0.4, 0.5) is 0 Å². The zero-order valence-corrected chi connectivity index (χ0v) is 12.5. The predicted octanol–water partition coefficient (Wildman–Crippen LogP) is 3.32. The van der Waals surface area contributed by atoms with Crippen molar-refractivity contribution in [1.82, 2.24) is 4.90 Å². The largest absolute Gasteiger partial charge is 0.328 e. The molecule has 2 aromatic rings. The molecule has 1 aliphatic rings.